The molecule has 0 atom stereocenters. The van der Waals surface area contributed by atoms with Crippen molar-refractivity contribution >= 4 is 23.2 Å². The van der Waals surface area contributed by atoms with Gasteiger partial charge in [-0.25, -0.2) is 9.78 Å². The van der Waals surface area contributed by atoms with Crippen molar-refractivity contribution in [2.24, 2.45) is 0 Å². The second-order valence-electron chi connectivity index (χ2n) is 6.38. The fourth-order valence-corrected chi connectivity index (χ4v) is 3.16. The average Bonchev–Trinajstić information content (AvgIpc) is 2.95. The maximum absolute atomic E-state index is 12.8. The molecule has 7 heteroatoms. The highest BCUT2D eigenvalue weighted by Gasteiger charge is 2.32. The van der Waals surface area contributed by atoms with Crippen LogP contribution in [0.5, 0.6) is 11.6 Å². The van der Waals surface area contributed by atoms with Crippen molar-refractivity contribution in [2.75, 3.05) is 0 Å². The minimum atomic E-state index is -0.641. The number of ether oxygens (including phenoxy) is 1. The molecule has 4 rings (SSSR count). The zero-order valence-corrected chi connectivity index (χ0v) is 15.8. The predicted octanol–water partition coefficient (Wildman–Crippen LogP) is 3.56. The van der Waals surface area contributed by atoms with Gasteiger partial charge in [-0.1, -0.05) is 35.9 Å². The molecule has 0 unspecified atom stereocenters. The molecule has 6 nitrogen and oxygen atoms in total. The topological polar surface area (TPSA) is 67.7 Å². The van der Waals surface area contributed by atoms with E-state index in [1.54, 1.807) is 45.6 Å². The van der Waals surface area contributed by atoms with Crippen LogP contribution in [0.1, 0.15) is 21.6 Å². The zero-order chi connectivity index (χ0) is 19.7. The van der Waals surface area contributed by atoms with E-state index in [0.29, 0.717) is 23.1 Å². The molecule has 0 saturated carbocycles. The van der Waals surface area contributed by atoms with E-state index >= 15 is 0 Å². The van der Waals surface area contributed by atoms with Gasteiger partial charge in [0.25, 0.3) is 5.65 Å². The quantitative estimate of drug-likeness (QED) is 0.249. The van der Waals surface area contributed by atoms with Crippen LogP contribution in [0, 0.1) is 6.92 Å². The number of fused-ring (bicyclic) bond motifs is 1. The van der Waals surface area contributed by atoms with Crippen LogP contribution in [0.3, 0.4) is 0 Å². The number of hydrogen-bond donors (Lipinski definition) is 1. The van der Waals surface area contributed by atoms with E-state index in [1.807, 2.05) is 37.3 Å². The number of aromatic nitrogens is 3. The molecule has 0 radical (unpaired) electrons. The summed E-state index contributed by atoms with van der Waals surface area (Å²) in [4.78, 5) is 16.9. The molecule has 28 heavy (non-hydrogen) atoms. The summed E-state index contributed by atoms with van der Waals surface area (Å²) in [6.45, 7) is 2.23. The van der Waals surface area contributed by atoms with Crippen molar-refractivity contribution < 1.29 is 19.2 Å². The number of benzene rings is 1. The minimum Gasteiger partial charge on any atom is -0.474 e. The lowest BCUT2D eigenvalue weighted by Gasteiger charge is -2.03. The van der Waals surface area contributed by atoms with Crippen LogP contribution in [0.2, 0.25) is 5.15 Å². The number of imidazole rings is 1. The normalized spacial score (nSPS) is 10.9. The molecule has 3 heterocycles. The number of halogens is 1. The standard InChI is InChI=1S/C21H16ClN3O3/c1-14-5-4-6-16(11-14)28-21(27)19-20(26)25(18-7-2-3-10-24(18)19)13-15-8-9-17(22)23-12-15/h2-12H,13H2,1H3/p+1. The van der Waals surface area contributed by atoms with Crippen molar-refractivity contribution in [1.82, 2.24) is 9.38 Å². The summed E-state index contributed by atoms with van der Waals surface area (Å²) in [6.07, 6.45) is 3.34. The molecule has 140 valence electrons. The first-order valence-electron chi connectivity index (χ1n) is 8.64. The Balaban J connectivity index is 1.75. The van der Waals surface area contributed by atoms with Gasteiger partial charge < -0.3 is 9.84 Å². The van der Waals surface area contributed by atoms with Gasteiger partial charge in [-0.3, -0.25) is 0 Å². The molecule has 0 fully saturated rings. The van der Waals surface area contributed by atoms with Crippen LogP contribution in [-0.4, -0.2) is 20.5 Å². The summed E-state index contributed by atoms with van der Waals surface area (Å²) < 4.78 is 8.72. The third-order valence-electron chi connectivity index (χ3n) is 4.35. The Morgan fingerprint density at radius 1 is 1.21 bits per heavy atom. The maximum atomic E-state index is 12.8. The zero-order valence-electron chi connectivity index (χ0n) is 15.0. The van der Waals surface area contributed by atoms with Crippen LogP contribution in [0.4, 0.5) is 0 Å². The van der Waals surface area contributed by atoms with Crippen LogP contribution in [0.25, 0.3) is 5.65 Å². The molecule has 0 bridgehead atoms. The van der Waals surface area contributed by atoms with Crippen LogP contribution in [-0.2, 0) is 6.54 Å². The molecule has 1 aromatic carbocycles. The van der Waals surface area contributed by atoms with E-state index in [4.69, 9.17) is 16.3 Å². The predicted molar refractivity (Wildman–Crippen MR) is 104 cm³/mol. The lowest BCUT2D eigenvalue weighted by Crippen LogP contribution is -2.33. The van der Waals surface area contributed by atoms with Gasteiger partial charge in [0.1, 0.15) is 17.4 Å². The third kappa shape index (κ3) is 3.42. The lowest BCUT2D eigenvalue weighted by molar-refractivity contribution is -0.668. The Kier molecular flexibility index (Phi) is 4.71. The van der Waals surface area contributed by atoms with E-state index in [9.17, 15) is 9.90 Å². The summed E-state index contributed by atoms with van der Waals surface area (Å²) in [6, 6.07) is 16.1. The van der Waals surface area contributed by atoms with Gasteiger partial charge in [0.15, 0.2) is 0 Å². The first-order valence-corrected chi connectivity index (χ1v) is 9.02. The molecule has 0 amide bonds. The maximum Gasteiger partial charge on any atom is 0.392 e. The van der Waals surface area contributed by atoms with Gasteiger partial charge in [-0.2, -0.15) is 8.97 Å². The summed E-state index contributed by atoms with van der Waals surface area (Å²) >= 11 is 5.84. The Hall–Kier alpha value is -3.38. The number of pyridine rings is 2. The molecule has 4 aromatic rings. The van der Waals surface area contributed by atoms with E-state index in [-0.39, 0.29) is 11.6 Å². The lowest BCUT2D eigenvalue weighted by atomic mass is 10.2. The van der Waals surface area contributed by atoms with Crippen LogP contribution < -0.4 is 9.30 Å². The number of esters is 1. The van der Waals surface area contributed by atoms with Crippen molar-refractivity contribution in [3.8, 4) is 11.6 Å². The Morgan fingerprint density at radius 3 is 2.82 bits per heavy atom. The van der Waals surface area contributed by atoms with Crippen molar-refractivity contribution in [1.29, 1.82) is 0 Å². The highest BCUT2D eigenvalue weighted by atomic mass is 35.5. The van der Waals surface area contributed by atoms with E-state index in [2.05, 4.69) is 4.98 Å². The van der Waals surface area contributed by atoms with E-state index < -0.39 is 5.97 Å². The van der Waals surface area contributed by atoms with Gasteiger partial charge in [-0.05, 0) is 36.8 Å². The number of rotatable bonds is 4. The Bertz CT molecular complexity index is 1170. The van der Waals surface area contributed by atoms with Crippen molar-refractivity contribution in [3.05, 3.63) is 89.0 Å². The molecule has 0 saturated heterocycles. The Morgan fingerprint density at radius 2 is 2.07 bits per heavy atom. The highest BCUT2D eigenvalue weighted by molar-refractivity contribution is 6.29. The van der Waals surface area contributed by atoms with Crippen molar-refractivity contribution in [2.45, 2.75) is 13.5 Å². The Labute approximate surface area is 166 Å². The molecule has 0 aliphatic carbocycles. The average molecular weight is 395 g/mol. The molecular formula is C21H17ClN3O3+. The van der Waals surface area contributed by atoms with Gasteiger partial charge >= 0.3 is 17.5 Å². The molecule has 0 aliphatic rings. The van der Waals surface area contributed by atoms with Gasteiger partial charge in [0.2, 0.25) is 0 Å². The molecular weight excluding hydrogens is 378 g/mol. The number of hydrogen-bond acceptors (Lipinski definition) is 4. The van der Waals surface area contributed by atoms with E-state index in [1.165, 1.54) is 0 Å². The number of carbonyl (C=O) groups is 1. The van der Waals surface area contributed by atoms with Crippen molar-refractivity contribution in [3.63, 3.8) is 0 Å². The number of aryl methyl sites for hydroxylation is 1. The summed E-state index contributed by atoms with van der Waals surface area (Å²) in [5, 5.41) is 11.2. The first-order chi connectivity index (χ1) is 13.5. The van der Waals surface area contributed by atoms with Gasteiger partial charge in [0.05, 0.1) is 6.20 Å². The number of carbonyl (C=O) groups excluding carboxylic acids is 1. The highest BCUT2D eigenvalue weighted by Crippen LogP contribution is 2.21. The van der Waals surface area contributed by atoms with Crippen LogP contribution >= 0.6 is 11.6 Å². The molecule has 3 aromatic heterocycles. The second kappa shape index (κ2) is 7.32. The van der Waals surface area contributed by atoms with Gasteiger partial charge in [-0.15, -0.1) is 0 Å². The summed E-state index contributed by atoms with van der Waals surface area (Å²) in [5.74, 6) is -0.403. The molecule has 0 aliphatic heterocycles. The summed E-state index contributed by atoms with van der Waals surface area (Å²) in [5.41, 5.74) is 2.50. The monoisotopic (exact) mass is 394 g/mol. The summed E-state index contributed by atoms with van der Waals surface area (Å²) in [7, 11) is 0. The largest absolute Gasteiger partial charge is 0.474 e. The number of aromatic hydroxyl groups is 1. The van der Waals surface area contributed by atoms with Crippen LogP contribution in [0.15, 0.2) is 67.0 Å². The fourth-order valence-electron chi connectivity index (χ4n) is 3.05. The third-order valence-corrected chi connectivity index (χ3v) is 4.57. The van der Waals surface area contributed by atoms with Gasteiger partial charge in [0, 0.05) is 17.8 Å². The second-order valence-corrected chi connectivity index (χ2v) is 6.77. The number of nitrogens with zero attached hydrogens (tertiary/aromatic N) is 3. The fraction of sp³-hybridized carbons (Fsp3) is 0.0952. The van der Waals surface area contributed by atoms with E-state index in [0.717, 1.165) is 11.1 Å². The first kappa shape index (κ1) is 18.0. The smallest absolute Gasteiger partial charge is 0.392 e. The molecule has 0 spiro atoms. The minimum absolute atomic E-state index is 0.0547. The SMILES string of the molecule is Cc1cccc(OC(=O)c2c(O)[n+](Cc3ccc(Cl)nc3)c3ccccn23)c1. The molecule has 1 N–H and O–H groups in total.